The number of benzene rings is 1. The lowest BCUT2D eigenvalue weighted by atomic mass is 10.0. The fourth-order valence-corrected chi connectivity index (χ4v) is 1.64. The number of hydrogen-bond acceptors (Lipinski definition) is 2. The minimum absolute atomic E-state index is 0.137. The van der Waals surface area contributed by atoms with Gasteiger partial charge in [0.2, 0.25) is 0 Å². The Morgan fingerprint density at radius 2 is 1.65 bits per heavy atom. The summed E-state index contributed by atoms with van der Waals surface area (Å²) >= 11 is 0. The Hall–Kier alpha value is -2.57. The van der Waals surface area contributed by atoms with Crippen LogP contribution in [0.2, 0.25) is 0 Å². The van der Waals surface area contributed by atoms with Gasteiger partial charge in [-0.1, -0.05) is 12.1 Å². The molecule has 1 heterocycles. The van der Waals surface area contributed by atoms with Crippen LogP contribution in [0.1, 0.15) is 5.56 Å². The number of aliphatic imine (C=N–C) groups is 1. The third-order valence-electron chi connectivity index (χ3n) is 2.53. The van der Waals surface area contributed by atoms with Gasteiger partial charge in [-0.15, -0.1) is 0 Å². The molecular formula is C13H11F3N4. The van der Waals surface area contributed by atoms with Crippen molar-refractivity contribution in [2.45, 2.75) is 6.18 Å². The van der Waals surface area contributed by atoms with Gasteiger partial charge in [0.15, 0.2) is 11.8 Å². The minimum Gasteiger partial charge on any atom is -0.370 e. The van der Waals surface area contributed by atoms with Crippen molar-refractivity contribution in [2.24, 2.45) is 16.5 Å². The molecule has 1 aromatic heterocycles. The van der Waals surface area contributed by atoms with Crippen LogP contribution in [0.25, 0.3) is 11.1 Å². The highest BCUT2D eigenvalue weighted by atomic mass is 19.4. The maximum Gasteiger partial charge on any atom is 0.416 e. The molecular weight excluding hydrogens is 269 g/mol. The van der Waals surface area contributed by atoms with Gasteiger partial charge in [0.05, 0.1) is 5.56 Å². The molecule has 20 heavy (non-hydrogen) atoms. The first-order valence-electron chi connectivity index (χ1n) is 5.59. The third-order valence-corrected chi connectivity index (χ3v) is 2.53. The van der Waals surface area contributed by atoms with Gasteiger partial charge in [0.1, 0.15) is 0 Å². The predicted octanol–water partition coefficient (Wildman–Crippen LogP) is 2.67. The van der Waals surface area contributed by atoms with Gasteiger partial charge >= 0.3 is 6.18 Å². The number of halogens is 3. The maximum atomic E-state index is 12.5. The molecule has 0 aliphatic heterocycles. The van der Waals surface area contributed by atoms with Gasteiger partial charge in [-0.2, -0.15) is 18.2 Å². The second kappa shape index (κ2) is 5.20. The minimum atomic E-state index is -4.35. The second-order valence-electron chi connectivity index (χ2n) is 4.01. The zero-order chi connectivity index (χ0) is 14.8. The van der Waals surface area contributed by atoms with Crippen molar-refractivity contribution in [3.8, 4) is 11.1 Å². The summed E-state index contributed by atoms with van der Waals surface area (Å²) in [6.07, 6.45) is -2.87. The van der Waals surface area contributed by atoms with Gasteiger partial charge in [-0.25, -0.2) is 4.98 Å². The Bertz CT molecular complexity index is 629. The Morgan fingerprint density at radius 3 is 2.20 bits per heavy atom. The quantitative estimate of drug-likeness (QED) is 0.655. The molecule has 0 amide bonds. The summed E-state index contributed by atoms with van der Waals surface area (Å²) in [5.74, 6) is 0.157. The van der Waals surface area contributed by atoms with Crippen LogP contribution < -0.4 is 11.5 Å². The molecule has 104 valence electrons. The molecule has 0 aliphatic rings. The van der Waals surface area contributed by atoms with Gasteiger partial charge in [-0.3, -0.25) is 0 Å². The van der Waals surface area contributed by atoms with Crippen LogP contribution in [0, 0.1) is 0 Å². The third kappa shape index (κ3) is 3.25. The first kappa shape index (κ1) is 13.9. The van der Waals surface area contributed by atoms with Gasteiger partial charge in [-0.05, 0) is 35.4 Å². The van der Waals surface area contributed by atoms with Crippen molar-refractivity contribution in [1.82, 2.24) is 4.98 Å². The van der Waals surface area contributed by atoms with E-state index in [-0.39, 0.29) is 5.96 Å². The van der Waals surface area contributed by atoms with E-state index in [1.165, 1.54) is 18.3 Å². The van der Waals surface area contributed by atoms with E-state index >= 15 is 0 Å². The number of guanidine groups is 1. The smallest absolute Gasteiger partial charge is 0.370 e. The average Bonchev–Trinajstić information content (AvgIpc) is 2.37. The largest absolute Gasteiger partial charge is 0.416 e. The van der Waals surface area contributed by atoms with Crippen molar-refractivity contribution in [1.29, 1.82) is 0 Å². The number of nitrogens with zero attached hydrogens (tertiary/aromatic N) is 2. The molecule has 2 aromatic rings. The Labute approximate surface area is 113 Å². The molecule has 7 heteroatoms. The monoisotopic (exact) mass is 280 g/mol. The fraction of sp³-hybridized carbons (Fsp3) is 0.0769. The molecule has 0 saturated carbocycles. The molecule has 0 spiro atoms. The molecule has 0 unspecified atom stereocenters. The normalized spacial score (nSPS) is 11.2. The van der Waals surface area contributed by atoms with Crippen LogP contribution in [-0.2, 0) is 6.18 Å². The highest BCUT2D eigenvalue weighted by Crippen LogP contribution is 2.31. The van der Waals surface area contributed by atoms with E-state index < -0.39 is 11.7 Å². The highest BCUT2D eigenvalue weighted by Gasteiger charge is 2.29. The highest BCUT2D eigenvalue weighted by molar-refractivity contribution is 5.79. The van der Waals surface area contributed by atoms with Gasteiger partial charge < -0.3 is 11.5 Å². The second-order valence-corrected chi connectivity index (χ2v) is 4.01. The number of nitrogens with two attached hydrogens (primary N) is 2. The summed E-state index contributed by atoms with van der Waals surface area (Å²) in [5.41, 5.74) is 11.1. The van der Waals surface area contributed by atoms with Crippen molar-refractivity contribution < 1.29 is 13.2 Å². The van der Waals surface area contributed by atoms with E-state index in [4.69, 9.17) is 11.5 Å². The SMILES string of the molecule is NC(N)=Nc1cc(-c2ccc(C(F)(F)F)cc2)ccn1. The van der Waals surface area contributed by atoms with Crippen LogP contribution >= 0.6 is 0 Å². The van der Waals surface area contributed by atoms with E-state index in [1.807, 2.05) is 0 Å². The molecule has 0 bridgehead atoms. The maximum absolute atomic E-state index is 12.5. The molecule has 0 aliphatic carbocycles. The summed E-state index contributed by atoms with van der Waals surface area (Å²) in [6, 6.07) is 8.07. The Kier molecular flexibility index (Phi) is 3.60. The molecule has 1 aromatic carbocycles. The molecule has 2 rings (SSSR count). The van der Waals surface area contributed by atoms with Gasteiger partial charge in [0, 0.05) is 6.20 Å². The zero-order valence-electron chi connectivity index (χ0n) is 10.2. The van der Waals surface area contributed by atoms with Crippen molar-refractivity contribution in [3.63, 3.8) is 0 Å². The lowest BCUT2D eigenvalue weighted by molar-refractivity contribution is -0.137. The summed E-state index contributed by atoms with van der Waals surface area (Å²) < 4.78 is 37.4. The summed E-state index contributed by atoms with van der Waals surface area (Å²) in [4.78, 5) is 7.72. The summed E-state index contributed by atoms with van der Waals surface area (Å²) in [7, 11) is 0. The van der Waals surface area contributed by atoms with E-state index in [2.05, 4.69) is 9.98 Å². The number of pyridine rings is 1. The Balaban J connectivity index is 2.35. The van der Waals surface area contributed by atoms with Crippen LogP contribution in [0.4, 0.5) is 19.0 Å². The molecule has 0 atom stereocenters. The predicted molar refractivity (Wildman–Crippen MR) is 70.1 cm³/mol. The van der Waals surface area contributed by atoms with E-state index in [0.717, 1.165) is 12.1 Å². The van der Waals surface area contributed by atoms with Crippen LogP contribution in [0.3, 0.4) is 0 Å². The Morgan fingerprint density at radius 1 is 1.00 bits per heavy atom. The first-order valence-corrected chi connectivity index (χ1v) is 5.59. The van der Waals surface area contributed by atoms with Crippen molar-refractivity contribution in [3.05, 3.63) is 48.2 Å². The zero-order valence-corrected chi connectivity index (χ0v) is 10.2. The van der Waals surface area contributed by atoms with Gasteiger partial charge in [0.25, 0.3) is 0 Å². The van der Waals surface area contributed by atoms with Crippen molar-refractivity contribution in [2.75, 3.05) is 0 Å². The molecule has 0 fully saturated rings. The summed E-state index contributed by atoms with van der Waals surface area (Å²) in [6.45, 7) is 0. The van der Waals surface area contributed by atoms with Crippen LogP contribution in [-0.4, -0.2) is 10.9 Å². The lowest BCUT2D eigenvalue weighted by Crippen LogP contribution is -2.22. The molecule has 4 nitrogen and oxygen atoms in total. The molecule has 0 radical (unpaired) electrons. The van der Waals surface area contributed by atoms with E-state index in [9.17, 15) is 13.2 Å². The standard InChI is InChI=1S/C13H11F3N4/c14-13(15,16)10-3-1-8(2-4-10)9-5-6-19-11(7-9)20-12(17)18/h1-7H,(H4,17,18,19,20). The van der Waals surface area contributed by atoms with E-state index in [1.54, 1.807) is 12.1 Å². The lowest BCUT2D eigenvalue weighted by Gasteiger charge is -2.08. The first-order chi connectivity index (χ1) is 9.36. The number of hydrogen-bond donors (Lipinski definition) is 2. The topological polar surface area (TPSA) is 77.3 Å². The summed E-state index contributed by atoms with van der Waals surface area (Å²) in [5, 5.41) is 0. The fourth-order valence-electron chi connectivity index (χ4n) is 1.64. The van der Waals surface area contributed by atoms with E-state index in [0.29, 0.717) is 16.9 Å². The van der Waals surface area contributed by atoms with Crippen molar-refractivity contribution >= 4 is 11.8 Å². The molecule has 0 saturated heterocycles. The average molecular weight is 280 g/mol. The number of alkyl halides is 3. The molecule has 4 N–H and O–H groups in total. The van der Waals surface area contributed by atoms with Crippen LogP contribution in [0.5, 0.6) is 0 Å². The number of aromatic nitrogens is 1. The van der Waals surface area contributed by atoms with Crippen LogP contribution in [0.15, 0.2) is 47.6 Å². The number of rotatable bonds is 2.